The van der Waals surface area contributed by atoms with Crippen molar-refractivity contribution in [2.24, 2.45) is 0 Å². The van der Waals surface area contributed by atoms with E-state index in [-0.39, 0.29) is 17.6 Å². The molecule has 2 aromatic carbocycles. The Morgan fingerprint density at radius 3 is 2.40 bits per heavy atom. The lowest BCUT2D eigenvalue weighted by Crippen LogP contribution is -2.37. The van der Waals surface area contributed by atoms with Gasteiger partial charge in [0.1, 0.15) is 11.5 Å². The van der Waals surface area contributed by atoms with Crippen molar-refractivity contribution in [1.29, 1.82) is 0 Å². The van der Waals surface area contributed by atoms with E-state index in [9.17, 15) is 13.6 Å². The minimum Gasteiger partial charge on any atom is -0.349 e. The Morgan fingerprint density at radius 1 is 1.03 bits per heavy atom. The molecule has 3 aromatic rings. The molecule has 6 heteroatoms. The van der Waals surface area contributed by atoms with Gasteiger partial charge in [0.25, 0.3) is 5.91 Å². The zero-order valence-electron chi connectivity index (χ0n) is 17.2. The summed E-state index contributed by atoms with van der Waals surface area (Å²) in [5.74, 6) is -1.03. The van der Waals surface area contributed by atoms with Crippen LogP contribution in [0.2, 0.25) is 0 Å². The van der Waals surface area contributed by atoms with Crippen LogP contribution in [0, 0.1) is 25.5 Å². The number of rotatable bonds is 4. The summed E-state index contributed by atoms with van der Waals surface area (Å²) in [4.78, 5) is 13.0. The molecule has 4 nitrogen and oxygen atoms in total. The maximum absolute atomic E-state index is 14.2. The maximum Gasteiger partial charge on any atom is 0.255 e. The molecular formula is C24H25F2N3O. The van der Waals surface area contributed by atoms with Crippen molar-refractivity contribution >= 4 is 5.91 Å². The fourth-order valence-corrected chi connectivity index (χ4v) is 4.41. The molecule has 1 heterocycles. The predicted octanol–water partition coefficient (Wildman–Crippen LogP) is 5.22. The van der Waals surface area contributed by atoms with Crippen LogP contribution in [0.5, 0.6) is 0 Å². The molecule has 0 bridgehead atoms. The summed E-state index contributed by atoms with van der Waals surface area (Å²) < 4.78 is 28.8. The van der Waals surface area contributed by atoms with Crippen LogP contribution in [-0.2, 0) is 0 Å². The highest BCUT2D eigenvalue weighted by atomic mass is 19.1. The largest absolute Gasteiger partial charge is 0.349 e. The molecule has 1 N–H and O–H groups in total. The normalized spacial score (nSPS) is 18.9. The second-order valence-electron chi connectivity index (χ2n) is 7.99. The molecule has 1 aliphatic carbocycles. The summed E-state index contributed by atoms with van der Waals surface area (Å²) in [6.45, 7) is 3.45. The lowest BCUT2D eigenvalue weighted by atomic mass is 9.81. The van der Waals surface area contributed by atoms with Gasteiger partial charge in [-0.25, -0.2) is 13.5 Å². The Bertz CT molecular complexity index is 1050. The van der Waals surface area contributed by atoms with Crippen molar-refractivity contribution in [2.75, 3.05) is 0 Å². The number of aryl methyl sites for hydroxylation is 1. The number of nitrogens with zero attached hydrogens (tertiary/aromatic N) is 2. The van der Waals surface area contributed by atoms with Crippen LogP contribution in [-0.4, -0.2) is 21.7 Å². The number of hydrogen-bond donors (Lipinski definition) is 1. The maximum atomic E-state index is 14.2. The zero-order chi connectivity index (χ0) is 21.3. The Labute approximate surface area is 174 Å². The van der Waals surface area contributed by atoms with Gasteiger partial charge in [0.15, 0.2) is 5.82 Å². The van der Waals surface area contributed by atoms with Gasteiger partial charge in [-0.2, -0.15) is 5.10 Å². The van der Waals surface area contributed by atoms with Gasteiger partial charge >= 0.3 is 0 Å². The highest BCUT2D eigenvalue weighted by molar-refractivity contribution is 5.96. The summed E-state index contributed by atoms with van der Waals surface area (Å²) in [5.41, 5.74) is 2.99. The third-order valence-corrected chi connectivity index (χ3v) is 5.99. The van der Waals surface area contributed by atoms with Gasteiger partial charge in [0.05, 0.1) is 17.0 Å². The Kier molecular flexibility index (Phi) is 5.66. The van der Waals surface area contributed by atoms with Crippen LogP contribution in [0.15, 0.2) is 48.5 Å². The van der Waals surface area contributed by atoms with E-state index in [0.29, 0.717) is 22.9 Å². The summed E-state index contributed by atoms with van der Waals surface area (Å²) in [6.07, 6.45) is 3.91. The van der Waals surface area contributed by atoms with E-state index >= 15 is 0 Å². The Morgan fingerprint density at radius 2 is 1.73 bits per heavy atom. The van der Waals surface area contributed by atoms with Gasteiger partial charge in [0.2, 0.25) is 0 Å². The molecule has 1 aliphatic rings. The van der Waals surface area contributed by atoms with E-state index in [1.54, 1.807) is 13.8 Å². The van der Waals surface area contributed by atoms with Crippen molar-refractivity contribution in [1.82, 2.24) is 15.1 Å². The van der Waals surface area contributed by atoms with Crippen molar-refractivity contribution in [3.8, 4) is 5.69 Å². The first-order chi connectivity index (χ1) is 14.4. The van der Waals surface area contributed by atoms with E-state index in [1.165, 1.54) is 22.4 Å². The second kappa shape index (κ2) is 8.38. The fourth-order valence-electron chi connectivity index (χ4n) is 4.41. The van der Waals surface area contributed by atoms with Crippen molar-refractivity contribution in [2.45, 2.75) is 51.5 Å². The number of carbonyl (C=O) groups is 1. The monoisotopic (exact) mass is 409 g/mol. The van der Waals surface area contributed by atoms with Crippen molar-refractivity contribution < 1.29 is 13.6 Å². The van der Waals surface area contributed by atoms with Crippen LogP contribution in [0.1, 0.15) is 58.9 Å². The summed E-state index contributed by atoms with van der Waals surface area (Å²) in [7, 11) is 0. The quantitative estimate of drug-likeness (QED) is 0.642. The van der Waals surface area contributed by atoms with Gasteiger partial charge in [-0.1, -0.05) is 30.3 Å². The minimum atomic E-state index is -0.716. The number of amides is 1. The molecule has 4 rings (SSSR count). The van der Waals surface area contributed by atoms with Gasteiger partial charge < -0.3 is 5.32 Å². The number of benzene rings is 2. The Balaban J connectivity index is 1.46. The van der Waals surface area contributed by atoms with Crippen LogP contribution in [0.3, 0.4) is 0 Å². The molecule has 0 radical (unpaired) electrons. The number of nitrogens with one attached hydrogen (secondary N) is 1. The summed E-state index contributed by atoms with van der Waals surface area (Å²) >= 11 is 0. The minimum absolute atomic E-state index is 0.113. The molecule has 30 heavy (non-hydrogen) atoms. The van der Waals surface area contributed by atoms with Crippen LogP contribution in [0.4, 0.5) is 8.78 Å². The molecule has 0 saturated heterocycles. The molecule has 0 atom stereocenters. The summed E-state index contributed by atoms with van der Waals surface area (Å²) in [5, 5.41) is 7.46. The lowest BCUT2D eigenvalue weighted by molar-refractivity contribution is 0.0924. The molecular weight excluding hydrogens is 384 g/mol. The first-order valence-electron chi connectivity index (χ1n) is 10.3. The number of hydrogen-bond acceptors (Lipinski definition) is 2. The molecule has 0 aliphatic heterocycles. The SMILES string of the molecule is Cc1nn(-c2ccc(F)cc2F)c(C)c1C(=O)NC1CCC(c2ccccc2)CC1. The first-order valence-corrected chi connectivity index (χ1v) is 10.3. The second-order valence-corrected chi connectivity index (χ2v) is 7.99. The van der Waals surface area contributed by atoms with E-state index < -0.39 is 11.6 Å². The fraction of sp³-hybridized carbons (Fsp3) is 0.333. The Hall–Kier alpha value is -3.02. The molecule has 1 aromatic heterocycles. The molecule has 1 amide bonds. The van der Waals surface area contributed by atoms with Crippen LogP contribution in [0.25, 0.3) is 5.69 Å². The lowest BCUT2D eigenvalue weighted by Gasteiger charge is -2.29. The van der Waals surface area contributed by atoms with E-state index in [1.807, 2.05) is 6.07 Å². The van der Waals surface area contributed by atoms with Crippen molar-refractivity contribution in [3.63, 3.8) is 0 Å². The van der Waals surface area contributed by atoms with Crippen molar-refractivity contribution in [3.05, 3.63) is 82.7 Å². The molecule has 0 spiro atoms. The molecule has 1 saturated carbocycles. The highest BCUT2D eigenvalue weighted by Gasteiger charge is 2.26. The third-order valence-electron chi connectivity index (χ3n) is 5.99. The van der Waals surface area contributed by atoms with Gasteiger partial charge in [-0.3, -0.25) is 4.79 Å². The smallest absolute Gasteiger partial charge is 0.255 e. The van der Waals surface area contributed by atoms with Gasteiger partial charge in [-0.05, 0) is 63.1 Å². The summed E-state index contributed by atoms with van der Waals surface area (Å²) in [6, 6.07) is 13.9. The number of aromatic nitrogens is 2. The average Bonchev–Trinajstić information content (AvgIpc) is 3.03. The van der Waals surface area contributed by atoms with E-state index in [2.05, 4.69) is 34.7 Å². The van der Waals surface area contributed by atoms with E-state index in [0.717, 1.165) is 31.7 Å². The van der Waals surface area contributed by atoms with E-state index in [4.69, 9.17) is 0 Å². The number of halogens is 2. The first kappa shape index (κ1) is 20.3. The van der Waals surface area contributed by atoms with Crippen LogP contribution < -0.4 is 5.32 Å². The predicted molar refractivity (Wildman–Crippen MR) is 112 cm³/mol. The zero-order valence-corrected chi connectivity index (χ0v) is 17.2. The molecule has 1 fully saturated rings. The van der Waals surface area contributed by atoms with Crippen LogP contribution >= 0.6 is 0 Å². The molecule has 156 valence electrons. The number of carbonyl (C=O) groups excluding carboxylic acids is 1. The third kappa shape index (κ3) is 3.99. The standard InChI is InChI=1S/C24H25F2N3O/c1-15-23(16(2)29(28-15)22-13-10-19(25)14-21(22)26)24(30)27-20-11-8-18(9-12-20)17-6-4-3-5-7-17/h3-7,10,13-14,18,20H,8-9,11-12H2,1-2H3,(H,27,30). The topological polar surface area (TPSA) is 46.9 Å². The average molecular weight is 409 g/mol. The highest BCUT2D eigenvalue weighted by Crippen LogP contribution is 2.33. The van der Waals surface area contributed by atoms with Gasteiger partial charge in [-0.15, -0.1) is 0 Å². The molecule has 0 unspecified atom stereocenters. The van der Waals surface area contributed by atoms with Gasteiger partial charge in [0, 0.05) is 12.1 Å².